The number of hydrogen-bond donors (Lipinski definition) is 7. The third-order valence-corrected chi connectivity index (χ3v) is 5.55. The third-order valence-electron chi connectivity index (χ3n) is 4.91. The Bertz CT molecular complexity index is 693. The Morgan fingerprint density at radius 2 is 1.44 bits per heavy atom. The number of carboxylic acids is 1. The van der Waals surface area contributed by atoms with Crippen LogP contribution in [0.1, 0.15) is 52.4 Å². The normalized spacial score (nSPS) is 14.5. The van der Waals surface area contributed by atoms with Crippen molar-refractivity contribution in [3.8, 4) is 0 Å². The average Bonchev–Trinajstić information content (AvgIpc) is 2.74. The molecule has 196 valence electrons. The smallest absolute Gasteiger partial charge is 0.326 e. The van der Waals surface area contributed by atoms with Gasteiger partial charge in [-0.05, 0) is 56.6 Å². The first kappa shape index (κ1) is 31.6. The Balaban J connectivity index is 5.49. The predicted octanol–water partition coefficient (Wildman–Crippen LogP) is -1.34. The number of nitrogens with two attached hydrogens (primary N) is 3. The van der Waals surface area contributed by atoms with Gasteiger partial charge in [-0.3, -0.25) is 19.2 Å². The van der Waals surface area contributed by atoms with Crippen LogP contribution in [0.15, 0.2) is 0 Å². The Morgan fingerprint density at radius 3 is 1.94 bits per heavy atom. The van der Waals surface area contributed by atoms with E-state index >= 15 is 0 Å². The van der Waals surface area contributed by atoms with Crippen LogP contribution in [0.3, 0.4) is 0 Å². The summed E-state index contributed by atoms with van der Waals surface area (Å²) in [6.07, 6.45) is 3.32. The van der Waals surface area contributed by atoms with Gasteiger partial charge in [0.15, 0.2) is 0 Å². The summed E-state index contributed by atoms with van der Waals surface area (Å²) in [5, 5.41) is 16.8. The summed E-state index contributed by atoms with van der Waals surface area (Å²) in [5.41, 5.74) is 16.5. The fraction of sp³-hybridized carbons (Fsp3) is 0.762. The number of carboxylic acid groups (broad SMARTS) is 1. The first-order chi connectivity index (χ1) is 15.9. The summed E-state index contributed by atoms with van der Waals surface area (Å²) < 4.78 is 0. The highest BCUT2D eigenvalue weighted by Crippen LogP contribution is 2.09. The lowest BCUT2D eigenvalue weighted by atomic mass is 10.0. The molecule has 0 fully saturated rings. The number of unbranched alkanes of at least 4 members (excludes halogenated alkanes) is 1. The molecule has 4 unspecified atom stereocenters. The zero-order valence-corrected chi connectivity index (χ0v) is 21.0. The number of nitrogens with one attached hydrogen (secondary N) is 3. The molecule has 4 atom stereocenters. The number of aliphatic carboxylic acids is 1. The molecule has 0 radical (unpaired) electrons. The molecule has 0 heterocycles. The first-order valence-corrected chi connectivity index (χ1v) is 12.7. The van der Waals surface area contributed by atoms with E-state index in [4.69, 9.17) is 17.2 Å². The molecule has 0 bridgehead atoms. The third kappa shape index (κ3) is 13.4. The molecule has 0 saturated carbocycles. The van der Waals surface area contributed by atoms with Crippen LogP contribution in [-0.2, 0) is 24.0 Å². The van der Waals surface area contributed by atoms with Gasteiger partial charge in [-0.15, -0.1) is 0 Å². The average molecular weight is 505 g/mol. The highest BCUT2D eigenvalue weighted by molar-refractivity contribution is 7.98. The molecule has 0 aliphatic heterocycles. The van der Waals surface area contributed by atoms with Gasteiger partial charge < -0.3 is 38.3 Å². The quantitative estimate of drug-likeness (QED) is 0.110. The molecule has 0 aliphatic carbocycles. The number of amides is 4. The van der Waals surface area contributed by atoms with Crippen molar-refractivity contribution >= 4 is 41.4 Å². The van der Waals surface area contributed by atoms with E-state index in [-0.39, 0.29) is 12.3 Å². The minimum absolute atomic E-state index is 0.0509. The SMILES string of the molecule is CSCCC(N)C(=O)NC(CC(C)C)C(=O)NC(CCCCN)C(=O)NC(CC(N)=O)C(=O)O. The van der Waals surface area contributed by atoms with Crippen molar-refractivity contribution < 1.29 is 29.1 Å². The zero-order valence-electron chi connectivity index (χ0n) is 20.2. The molecule has 10 N–H and O–H groups in total. The van der Waals surface area contributed by atoms with E-state index in [2.05, 4.69) is 16.0 Å². The standard InChI is InChI=1S/C21H40N6O6S/c1-12(2)10-15(26-18(29)13(23)7-9-34-3)20(31)25-14(6-4-5-8-22)19(30)27-16(21(32)33)11-17(24)28/h12-16H,4-11,22-23H2,1-3H3,(H2,24,28)(H,25,31)(H,26,29)(H,27,30)(H,32,33). The fourth-order valence-corrected chi connectivity index (χ4v) is 3.55. The molecule has 0 aromatic rings. The van der Waals surface area contributed by atoms with Gasteiger partial charge in [-0.25, -0.2) is 4.79 Å². The summed E-state index contributed by atoms with van der Waals surface area (Å²) >= 11 is 1.55. The molecule has 0 saturated heterocycles. The van der Waals surface area contributed by atoms with Gasteiger partial charge in [0.25, 0.3) is 0 Å². The molecule has 12 nitrogen and oxygen atoms in total. The molecule has 34 heavy (non-hydrogen) atoms. The second-order valence-corrected chi connectivity index (χ2v) is 9.48. The lowest BCUT2D eigenvalue weighted by molar-refractivity contribution is -0.143. The second kappa shape index (κ2) is 17.1. The van der Waals surface area contributed by atoms with Crippen LogP contribution < -0.4 is 33.2 Å². The van der Waals surface area contributed by atoms with E-state index in [0.29, 0.717) is 38.0 Å². The predicted molar refractivity (Wildman–Crippen MR) is 131 cm³/mol. The number of carbonyl (C=O) groups excluding carboxylic acids is 4. The van der Waals surface area contributed by atoms with Crippen molar-refractivity contribution in [1.82, 2.24) is 16.0 Å². The van der Waals surface area contributed by atoms with Crippen LogP contribution >= 0.6 is 11.8 Å². The van der Waals surface area contributed by atoms with Crippen molar-refractivity contribution in [2.24, 2.45) is 23.1 Å². The van der Waals surface area contributed by atoms with Crippen LogP contribution in [0.2, 0.25) is 0 Å². The molecule has 0 aromatic carbocycles. The van der Waals surface area contributed by atoms with Crippen molar-refractivity contribution in [3.05, 3.63) is 0 Å². The highest BCUT2D eigenvalue weighted by atomic mass is 32.2. The summed E-state index contributed by atoms with van der Waals surface area (Å²) in [6, 6.07) is -4.33. The van der Waals surface area contributed by atoms with Crippen molar-refractivity contribution in [3.63, 3.8) is 0 Å². The van der Waals surface area contributed by atoms with Crippen molar-refractivity contribution in [2.45, 2.75) is 76.5 Å². The summed E-state index contributed by atoms with van der Waals surface area (Å²) in [6.45, 7) is 4.14. The molecule has 0 aliphatic rings. The van der Waals surface area contributed by atoms with Gasteiger partial charge in [0.05, 0.1) is 12.5 Å². The molecule has 4 amide bonds. The maximum Gasteiger partial charge on any atom is 0.326 e. The van der Waals surface area contributed by atoms with Gasteiger partial charge >= 0.3 is 5.97 Å². The minimum atomic E-state index is -1.53. The van der Waals surface area contributed by atoms with Crippen molar-refractivity contribution in [2.75, 3.05) is 18.6 Å². The summed E-state index contributed by atoms with van der Waals surface area (Å²) in [7, 11) is 0. The van der Waals surface area contributed by atoms with Gasteiger partial charge in [-0.1, -0.05) is 13.8 Å². The molecule has 0 rings (SSSR count). The van der Waals surface area contributed by atoms with E-state index < -0.39 is 60.2 Å². The lowest BCUT2D eigenvalue weighted by Crippen LogP contribution is -2.57. The molecule has 0 aromatic heterocycles. The van der Waals surface area contributed by atoms with E-state index in [1.807, 2.05) is 20.1 Å². The number of rotatable bonds is 18. The zero-order chi connectivity index (χ0) is 26.3. The number of carbonyl (C=O) groups is 5. The first-order valence-electron chi connectivity index (χ1n) is 11.3. The maximum atomic E-state index is 13.0. The van der Waals surface area contributed by atoms with E-state index in [0.717, 1.165) is 0 Å². The van der Waals surface area contributed by atoms with Gasteiger partial charge in [0.1, 0.15) is 18.1 Å². The number of thioether (sulfide) groups is 1. The molecule has 13 heteroatoms. The Labute approximate surface area is 204 Å². The number of primary amides is 1. The Kier molecular flexibility index (Phi) is 15.9. The topological polar surface area (TPSA) is 220 Å². The van der Waals surface area contributed by atoms with Crippen LogP contribution in [0.5, 0.6) is 0 Å². The largest absolute Gasteiger partial charge is 0.480 e. The molecule has 0 spiro atoms. The molecular weight excluding hydrogens is 464 g/mol. The monoisotopic (exact) mass is 504 g/mol. The number of hydrogen-bond acceptors (Lipinski definition) is 8. The van der Waals surface area contributed by atoms with E-state index in [1.54, 1.807) is 11.8 Å². The van der Waals surface area contributed by atoms with Crippen molar-refractivity contribution in [1.29, 1.82) is 0 Å². The Hall–Kier alpha value is -2.38. The summed E-state index contributed by atoms with van der Waals surface area (Å²) in [5.74, 6) is -3.41. The maximum absolute atomic E-state index is 13.0. The summed E-state index contributed by atoms with van der Waals surface area (Å²) in [4.78, 5) is 60.8. The fourth-order valence-electron chi connectivity index (χ4n) is 3.07. The van der Waals surface area contributed by atoms with Gasteiger partial charge in [0, 0.05) is 0 Å². The Morgan fingerprint density at radius 1 is 0.882 bits per heavy atom. The van der Waals surface area contributed by atoms with E-state index in [9.17, 15) is 29.1 Å². The molecular formula is C21H40N6O6S. The highest BCUT2D eigenvalue weighted by Gasteiger charge is 2.31. The second-order valence-electron chi connectivity index (χ2n) is 8.49. The van der Waals surface area contributed by atoms with Crippen LogP contribution in [-0.4, -0.2) is 77.4 Å². The van der Waals surface area contributed by atoms with Crippen LogP contribution in [0, 0.1) is 5.92 Å². The van der Waals surface area contributed by atoms with Crippen LogP contribution in [0.4, 0.5) is 0 Å². The van der Waals surface area contributed by atoms with Crippen LogP contribution in [0.25, 0.3) is 0 Å². The van der Waals surface area contributed by atoms with Gasteiger partial charge in [0.2, 0.25) is 23.6 Å². The minimum Gasteiger partial charge on any atom is -0.480 e. The van der Waals surface area contributed by atoms with E-state index in [1.165, 1.54) is 0 Å². The lowest BCUT2D eigenvalue weighted by Gasteiger charge is -2.26. The van der Waals surface area contributed by atoms with Gasteiger partial charge in [-0.2, -0.15) is 11.8 Å².